The molecule has 0 aliphatic rings. The lowest BCUT2D eigenvalue weighted by atomic mass is 10.1. The Bertz CT molecular complexity index is 109. The fraction of sp³-hybridized carbons (Fsp3) is 1.00. The van der Waals surface area contributed by atoms with Gasteiger partial charge in [0.15, 0.2) is 6.17 Å². The smallest absolute Gasteiger partial charge is 0.151 e. The fourth-order valence-electron chi connectivity index (χ4n) is 0.607. The monoisotopic (exact) mass is 168 g/mol. The molecule has 11 heavy (non-hydrogen) atoms. The molecule has 0 fully saturated rings. The molecule has 0 saturated carbocycles. The lowest BCUT2D eigenvalue weighted by molar-refractivity contribution is -0.0891. The van der Waals surface area contributed by atoms with Crippen molar-refractivity contribution in [1.29, 1.82) is 0 Å². The van der Waals surface area contributed by atoms with Gasteiger partial charge < -0.3 is 20.4 Å². The number of alkyl halides is 1. The van der Waals surface area contributed by atoms with Crippen LogP contribution in [0.25, 0.3) is 0 Å². The first-order valence-electron chi connectivity index (χ1n) is 3.29. The molecule has 0 aliphatic heterocycles. The van der Waals surface area contributed by atoms with Gasteiger partial charge in [-0.15, -0.1) is 0 Å². The Morgan fingerprint density at radius 2 is 1.64 bits per heavy atom. The zero-order valence-corrected chi connectivity index (χ0v) is 6.18. The molecular weight excluding hydrogens is 155 g/mol. The highest BCUT2D eigenvalue weighted by Gasteiger charge is 2.28. The highest BCUT2D eigenvalue weighted by Crippen LogP contribution is 2.06. The normalized spacial score (nSPS) is 22.4. The summed E-state index contributed by atoms with van der Waals surface area (Å²) in [5.74, 6) is 0. The molecule has 0 unspecified atom stereocenters. The van der Waals surface area contributed by atoms with Gasteiger partial charge in [-0.1, -0.05) is 0 Å². The molecule has 0 aromatic heterocycles. The third-order valence-corrected chi connectivity index (χ3v) is 1.39. The zero-order chi connectivity index (χ0) is 9.02. The summed E-state index contributed by atoms with van der Waals surface area (Å²) in [6, 6.07) is 0. The summed E-state index contributed by atoms with van der Waals surface area (Å²) in [6.07, 6.45) is -6.42. The Kier molecular flexibility index (Phi) is 4.51. The van der Waals surface area contributed by atoms with Gasteiger partial charge in [0.2, 0.25) is 0 Å². The van der Waals surface area contributed by atoms with Crippen LogP contribution < -0.4 is 0 Å². The lowest BCUT2D eigenvalue weighted by Gasteiger charge is -2.21. The van der Waals surface area contributed by atoms with Crippen molar-refractivity contribution in [3.63, 3.8) is 0 Å². The van der Waals surface area contributed by atoms with Gasteiger partial charge in [-0.25, -0.2) is 4.39 Å². The van der Waals surface area contributed by atoms with Crippen LogP contribution in [0.5, 0.6) is 0 Å². The fourth-order valence-corrected chi connectivity index (χ4v) is 0.607. The Morgan fingerprint density at radius 1 is 1.18 bits per heavy atom. The van der Waals surface area contributed by atoms with Gasteiger partial charge in [0, 0.05) is 0 Å². The van der Waals surface area contributed by atoms with Crippen LogP contribution >= 0.6 is 0 Å². The number of aliphatic hydroxyl groups excluding tert-OH is 4. The van der Waals surface area contributed by atoms with Crippen molar-refractivity contribution in [2.24, 2.45) is 0 Å². The molecule has 0 amide bonds. The SMILES string of the molecule is C[C@H](O)[C@@H](O)[C@@H](O)[C@@H](F)CO. The van der Waals surface area contributed by atoms with E-state index in [-0.39, 0.29) is 0 Å². The number of halogens is 1. The molecule has 0 bridgehead atoms. The van der Waals surface area contributed by atoms with Crippen molar-refractivity contribution < 1.29 is 24.8 Å². The van der Waals surface area contributed by atoms with Crippen LogP contribution in [0.4, 0.5) is 4.39 Å². The van der Waals surface area contributed by atoms with E-state index >= 15 is 0 Å². The van der Waals surface area contributed by atoms with Gasteiger partial charge in [-0.05, 0) is 6.92 Å². The van der Waals surface area contributed by atoms with E-state index < -0.39 is 31.1 Å². The van der Waals surface area contributed by atoms with Crippen LogP contribution in [0.3, 0.4) is 0 Å². The zero-order valence-electron chi connectivity index (χ0n) is 6.18. The Morgan fingerprint density at radius 3 is 1.91 bits per heavy atom. The summed E-state index contributed by atoms with van der Waals surface area (Å²) < 4.78 is 12.4. The van der Waals surface area contributed by atoms with E-state index in [2.05, 4.69) is 0 Å². The van der Waals surface area contributed by atoms with Crippen LogP contribution in [-0.2, 0) is 0 Å². The number of hydrogen-bond acceptors (Lipinski definition) is 4. The Labute approximate surface area is 63.9 Å². The van der Waals surface area contributed by atoms with Crippen molar-refractivity contribution in [2.45, 2.75) is 31.4 Å². The molecule has 0 aliphatic carbocycles. The van der Waals surface area contributed by atoms with Crippen LogP contribution in [-0.4, -0.2) is 51.5 Å². The summed E-state index contributed by atoms with van der Waals surface area (Å²) in [5.41, 5.74) is 0. The quantitative estimate of drug-likeness (QED) is 0.408. The van der Waals surface area contributed by atoms with Gasteiger partial charge in [0.25, 0.3) is 0 Å². The maximum absolute atomic E-state index is 12.4. The predicted molar refractivity (Wildman–Crippen MR) is 35.7 cm³/mol. The molecule has 0 heterocycles. The van der Waals surface area contributed by atoms with Crippen LogP contribution in [0.15, 0.2) is 0 Å². The minimum absolute atomic E-state index is 0.870. The van der Waals surface area contributed by atoms with E-state index in [1.807, 2.05) is 0 Å². The van der Waals surface area contributed by atoms with Crippen LogP contribution in [0, 0.1) is 0 Å². The minimum Gasteiger partial charge on any atom is -0.393 e. The van der Waals surface area contributed by atoms with E-state index in [0.717, 1.165) is 0 Å². The summed E-state index contributed by atoms with van der Waals surface area (Å²) in [7, 11) is 0. The second-order valence-electron chi connectivity index (χ2n) is 2.42. The van der Waals surface area contributed by atoms with Crippen molar-refractivity contribution >= 4 is 0 Å². The third kappa shape index (κ3) is 3.11. The number of rotatable bonds is 4. The van der Waals surface area contributed by atoms with Gasteiger partial charge in [-0.3, -0.25) is 0 Å². The van der Waals surface area contributed by atoms with Crippen LogP contribution in [0.2, 0.25) is 0 Å². The summed E-state index contributed by atoms with van der Waals surface area (Å²) in [6.45, 7) is 0.350. The summed E-state index contributed by atoms with van der Waals surface area (Å²) in [4.78, 5) is 0. The molecule has 0 radical (unpaired) electrons. The molecule has 4 nitrogen and oxygen atoms in total. The number of aliphatic hydroxyl groups is 4. The molecule has 0 rings (SSSR count). The molecule has 5 heteroatoms. The standard InChI is InChI=1S/C6H13FO4/c1-3(9)5(10)6(11)4(7)2-8/h3-6,8-11H,2H2,1H3/t3-,4-,5+,6-/m0/s1. The summed E-state index contributed by atoms with van der Waals surface area (Å²) >= 11 is 0. The van der Waals surface area contributed by atoms with Gasteiger partial charge in [0.1, 0.15) is 12.2 Å². The molecule has 4 atom stereocenters. The Balaban J connectivity index is 3.90. The molecule has 0 saturated heterocycles. The highest BCUT2D eigenvalue weighted by molar-refractivity contribution is 4.78. The summed E-state index contributed by atoms with van der Waals surface area (Å²) in [5, 5.41) is 34.5. The molecular formula is C6H13FO4. The molecule has 0 aromatic carbocycles. The lowest BCUT2D eigenvalue weighted by Crippen LogP contribution is -2.42. The third-order valence-electron chi connectivity index (χ3n) is 1.39. The van der Waals surface area contributed by atoms with Crippen molar-refractivity contribution in [3.8, 4) is 0 Å². The molecule has 0 spiro atoms. The molecule has 4 N–H and O–H groups in total. The number of hydrogen-bond donors (Lipinski definition) is 4. The van der Waals surface area contributed by atoms with Crippen molar-refractivity contribution in [1.82, 2.24) is 0 Å². The van der Waals surface area contributed by atoms with Crippen molar-refractivity contribution in [3.05, 3.63) is 0 Å². The average Bonchev–Trinajstić information content (AvgIpc) is 2.00. The first kappa shape index (κ1) is 10.8. The van der Waals surface area contributed by atoms with Crippen molar-refractivity contribution in [2.75, 3.05) is 6.61 Å². The van der Waals surface area contributed by atoms with E-state index in [4.69, 9.17) is 20.4 Å². The first-order valence-corrected chi connectivity index (χ1v) is 3.29. The van der Waals surface area contributed by atoms with E-state index in [1.165, 1.54) is 6.92 Å². The second-order valence-corrected chi connectivity index (χ2v) is 2.42. The van der Waals surface area contributed by atoms with E-state index in [1.54, 1.807) is 0 Å². The maximum Gasteiger partial charge on any atom is 0.151 e. The van der Waals surface area contributed by atoms with E-state index in [0.29, 0.717) is 0 Å². The van der Waals surface area contributed by atoms with E-state index in [9.17, 15) is 4.39 Å². The second kappa shape index (κ2) is 4.61. The predicted octanol–water partition coefficient (Wildman–Crippen LogP) is -1.58. The molecule has 0 aromatic rings. The highest BCUT2D eigenvalue weighted by atomic mass is 19.1. The van der Waals surface area contributed by atoms with Gasteiger partial charge in [-0.2, -0.15) is 0 Å². The minimum atomic E-state index is -1.92. The Hall–Kier alpha value is -0.230. The molecule has 68 valence electrons. The maximum atomic E-state index is 12.4. The van der Waals surface area contributed by atoms with Gasteiger partial charge >= 0.3 is 0 Å². The largest absolute Gasteiger partial charge is 0.393 e. The average molecular weight is 168 g/mol. The van der Waals surface area contributed by atoms with Gasteiger partial charge in [0.05, 0.1) is 12.7 Å². The first-order chi connectivity index (χ1) is 5.00. The topological polar surface area (TPSA) is 80.9 Å². The van der Waals surface area contributed by atoms with Crippen LogP contribution in [0.1, 0.15) is 6.92 Å².